The van der Waals surface area contributed by atoms with Crippen molar-refractivity contribution in [2.75, 3.05) is 20.1 Å². The van der Waals surface area contributed by atoms with Gasteiger partial charge in [0.25, 0.3) is 0 Å². The smallest absolute Gasteiger partial charge is 0.239 e. The lowest BCUT2D eigenvalue weighted by Crippen LogP contribution is -2.54. The molecule has 3 saturated heterocycles. The van der Waals surface area contributed by atoms with Crippen LogP contribution in [0, 0.1) is 0 Å². The van der Waals surface area contributed by atoms with Gasteiger partial charge in [-0.05, 0) is 58.9 Å². The number of amides is 1. The highest BCUT2D eigenvalue weighted by Crippen LogP contribution is 2.34. The summed E-state index contributed by atoms with van der Waals surface area (Å²) in [5.74, 6) is 0.316. The van der Waals surface area contributed by atoms with E-state index in [2.05, 4.69) is 29.1 Å². The van der Waals surface area contributed by atoms with Gasteiger partial charge in [0.1, 0.15) is 0 Å². The van der Waals surface area contributed by atoms with E-state index in [1.165, 1.54) is 44.9 Å². The van der Waals surface area contributed by atoms with Gasteiger partial charge in [0.15, 0.2) is 0 Å². The van der Waals surface area contributed by atoms with E-state index in [1.54, 1.807) is 0 Å². The highest BCUT2D eigenvalue weighted by Gasteiger charge is 2.39. The molecule has 1 amide bonds. The van der Waals surface area contributed by atoms with Gasteiger partial charge in [-0.15, -0.1) is 0 Å². The lowest BCUT2D eigenvalue weighted by Gasteiger charge is -2.38. The molecule has 3 aliphatic heterocycles. The Morgan fingerprint density at radius 2 is 1.70 bits per heavy atom. The number of carbonyl (C=O) groups is 1. The highest BCUT2D eigenvalue weighted by atomic mass is 16.2. The quantitative estimate of drug-likeness (QED) is 0.852. The Labute approximate surface area is 122 Å². The van der Waals surface area contributed by atoms with Gasteiger partial charge in [-0.2, -0.15) is 0 Å². The molecular weight excluding hydrogens is 250 g/mol. The SMILES string of the molecule is CC(NC1CC2CCC(C1)N2C)C(=O)N1CCCCC1. The average molecular weight is 279 g/mol. The minimum Gasteiger partial charge on any atom is -0.341 e. The van der Waals surface area contributed by atoms with Gasteiger partial charge in [-0.1, -0.05) is 0 Å². The largest absolute Gasteiger partial charge is 0.341 e. The first kappa shape index (κ1) is 14.3. The maximum atomic E-state index is 12.5. The minimum atomic E-state index is -0.0130. The van der Waals surface area contributed by atoms with Gasteiger partial charge >= 0.3 is 0 Å². The van der Waals surface area contributed by atoms with E-state index in [0.29, 0.717) is 11.9 Å². The lowest BCUT2D eigenvalue weighted by atomic mass is 9.97. The summed E-state index contributed by atoms with van der Waals surface area (Å²) in [7, 11) is 2.26. The van der Waals surface area contributed by atoms with Crippen molar-refractivity contribution in [1.29, 1.82) is 0 Å². The van der Waals surface area contributed by atoms with E-state index in [4.69, 9.17) is 0 Å². The van der Waals surface area contributed by atoms with Crippen molar-refractivity contribution in [3.8, 4) is 0 Å². The Morgan fingerprint density at radius 3 is 2.30 bits per heavy atom. The average Bonchev–Trinajstić information content (AvgIpc) is 2.69. The Balaban J connectivity index is 1.51. The van der Waals surface area contributed by atoms with Crippen LogP contribution in [0.4, 0.5) is 0 Å². The fraction of sp³-hybridized carbons (Fsp3) is 0.938. The Morgan fingerprint density at radius 1 is 1.10 bits per heavy atom. The van der Waals surface area contributed by atoms with Crippen molar-refractivity contribution in [3.05, 3.63) is 0 Å². The summed E-state index contributed by atoms with van der Waals surface area (Å²) in [5.41, 5.74) is 0. The summed E-state index contributed by atoms with van der Waals surface area (Å²) >= 11 is 0. The molecule has 3 atom stereocenters. The molecule has 114 valence electrons. The monoisotopic (exact) mass is 279 g/mol. The molecular formula is C16H29N3O. The zero-order valence-electron chi connectivity index (χ0n) is 13.0. The molecule has 3 fully saturated rings. The summed E-state index contributed by atoms with van der Waals surface area (Å²) in [4.78, 5) is 17.1. The molecule has 0 radical (unpaired) electrons. The Bertz CT molecular complexity index is 340. The van der Waals surface area contributed by atoms with E-state index in [1.807, 2.05) is 0 Å². The van der Waals surface area contributed by atoms with Crippen LogP contribution in [-0.2, 0) is 4.79 Å². The predicted molar refractivity (Wildman–Crippen MR) is 80.6 cm³/mol. The molecule has 4 nitrogen and oxygen atoms in total. The molecule has 2 bridgehead atoms. The van der Waals surface area contributed by atoms with Crippen molar-refractivity contribution >= 4 is 5.91 Å². The zero-order chi connectivity index (χ0) is 14.1. The predicted octanol–water partition coefficient (Wildman–Crippen LogP) is 1.60. The third kappa shape index (κ3) is 2.86. The number of carbonyl (C=O) groups excluding carboxylic acids is 1. The molecule has 3 rings (SSSR count). The molecule has 0 saturated carbocycles. The number of piperidine rings is 2. The molecule has 3 heterocycles. The van der Waals surface area contributed by atoms with Crippen LogP contribution >= 0.6 is 0 Å². The lowest BCUT2D eigenvalue weighted by molar-refractivity contribution is -0.134. The van der Waals surface area contributed by atoms with Crippen molar-refractivity contribution < 1.29 is 4.79 Å². The number of fused-ring (bicyclic) bond motifs is 2. The third-order valence-corrected chi connectivity index (χ3v) is 5.62. The second kappa shape index (κ2) is 6.02. The Kier molecular flexibility index (Phi) is 4.32. The van der Waals surface area contributed by atoms with Gasteiger partial charge in [-0.3, -0.25) is 4.79 Å². The Hall–Kier alpha value is -0.610. The minimum absolute atomic E-state index is 0.0130. The number of rotatable bonds is 3. The van der Waals surface area contributed by atoms with E-state index in [-0.39, 0.29) is 6.04 Å². The normalized spacial score (nSPS) is 36.1. The fourth-order valence-electron chi connectivity index (χ4n) is 4.36. The molecule has 0 aromatic carbocycles. The summed E-state index contributed by atoms with van der Waals surface area (Å²) < 4.78 is 0. The van der Waals surface area contributed by atoms with Crippen LogP contribution in [0.1, 0.15) is 51.9 Å². The third-order valence-electron chi connectivity index (χ3n) is 5.62. The maximum Gasteiger partial charge on any atom is 0.239 e. The second-order valence-corrected chi connectivity index (χ2v) is 6.99. The molecule has 0 spiro atoms. The number of hydrogen-bond donors (Lipinski definition) is 1. The van der Waals surface area contributed by atoms with Crippen molar-refractivity contribution in [2.45, 2.75) is 76.0 Å². The number of nitrogens with one attached hydrogen (secondary N) is 1. The van der Waals surface area contributed by atoms with Gasteiger partial charge in [0.2, 0.25) is 5.91 Å². The first-order valence-corrected chi connectivity index (χ1v) is 8.42. The number of likely N-dealkylation sites (tertiary alicyclic amines) is 1. The second-order valence-electron chi connectivity index (χ2n) is 6.99. The van der Waals surface area contributed by atoms with Crippen LogP contribution in [0.5, 0.6) is 0 Å². The molecule has 3 unspecified atom stereocenters. The van der Waals surface area contributed by atoms with Crippen LogP contribution in [0.3, 0.4) is 0 Å². The van der Waals surface area contributed by atoms with E-state index < -0.39 is 0 Å². The van der Waals surface area contributed by atoms with Crippen LogP contribution in [0.25, 0.3) is 0 Å². The van der Waals surface area contributed by atoms with Gasteiger partial charge in [0.05, 0.1) is 6.04 Å². The standard InChI is InChI=1S/C16H29N3O/c1-12(16(20)19-8-4-3-5-9-19)17-13-10-14-6-7-15(11-13)18(14)2/h12-15,17H,3-11H2,1-2H3. The molecule has 20 heavy (non-hydrogen) atoms. The first-order valence-electron chi connectivity index (χ1n) is 8.42. The molecule has 0 aliphatic carbocycles. The number of nitrogens with zero attached hydrogens (tertiary/aromatic N) is 2. The van der Waals surface area contributed by atoms with Gasteiger partial charge < -0.3 is 15.1 Å². The molecule has 3 aliphatic rings. The molecule has 0 aromatic heterocycles. The van der Waals surface area contributed by atoms with Gasteiger partial charge in [-0.25, -0.2) is 0 Å². The summed E-state index contributed by atoms with van der Waals surface area (Å²) in [6, 6.07) is 2.00. The number of hydrogen-bond acceptors (Lipinski definition) is 3. The van der Waals surface area contributed by atoms with Crippen molar-refractivity contribution in [2.24, 2.45) is 0 Å². The topological polar surface area (TPSA) is 35.6 Å². The summed E-state index contributed by atoms with van der Waals surface area (Å²) in [6.07, 6.45) is 8.74. The van der Waals surface area contributed by atoms with Crippen molar-refractivity contribution in [1.82, 2.24) is 15.1 Å². The zero-order valence-corrected chi connectivity index (χ0v) is 13.0. The molecule has 1 N–H and O–H groups in total. The van der Waals surface area contributed by atoms with Gasteiger partial charge in [0, 0.05) is 31.2 Å². The van der Waals surface area contributed by atoms with Crippen LogP contribution in [0.15, 0.2) is 0 Å². The van der Waals surface area contributed by atoms with E-state index in [9.17, 15) is 4.79 Å². The van der Waals surface area contributed by atoms with Crippen LogP contribution < -0.4 is 5.32 Å². The molecule has 4 heteroatoms. The van der Waals surface area contributed by atoms with Crippen LogP contribution in [0.2, 0.25) is 0 Å². The molecule has 0 aromatic rings. The maximum absolute atomic E-state index is 12.5. The van der Waals surface area contributed by atoms with Crippen molar-refractivity contribution in [3.63, 3.8) is 0 Å². The summed E-state index contributed by atoms with van der Waals surface area (Å²) in [5, 5.41) is 3.62. The first-order chi connectivity index (χ1) is 9.65. The van der Waals surface area contributed by atoms with Crippen LogP contribution in [-0.4, -0.2) is 60.0 Å². The van der Waals surface area contributed by atoms with E-state index >= 15 is 0 Å². The van der Waals surface area contributed by atoms with E-state index in [0.717, 1.165) is 25.2 Å². The summed E-state index contributed by atoms with van der Waals surface area (Å²) in [6.45, 7) is 3.98. The highest BCUT2D eigenvalue weighted by molar-refractivity contribution is 5.81. The fourth-order valence-corrected chi connectivity index (χ4v) is 4.36.